The molecule has 2 N–H and O–H groups in total. The second-order valence-electron chi connectivity index (χ2n) is 7.11. The minimum atomic E-state index is -1.26. The van der Waals surface area contributed by atoms with E-state index in [4.69, 9.17) is 10.2 Å². The number of fused-ring (bicyclic) bond motifs is 2. The van der Waals surface area contributed by atoms with Gasteiger partial charge in [0, 0.05) is 59.4 Å². The summed E-state index contributed by atoms with van der Waals surface area (Å²) < 4.78 is 13.8. The number of carboxylic acids is 2. The lowest BCUT2D eigenvalue weighted by atomic mass is 10.1. The molecule has 2 aliphatic rings. The molecule has 0 saturated carbocycles. The first kappa shape index (κ1) is 22.6. The second-order valence-corrected chi connectivity index (χ2v) is 8.19. The highest BCUT2D eigenvalue weighted by Gasteiger charge is 2.23. The van der Waals surface area contributed by atoms with E-state index in [0.717, 1.165) is 36.6 Å². The van der Waals surface area contributed by atoms with Crippen molar-refractivity contribution in [2.45, 2.75) is 9.79 Å². The van der Waals surface area contributed by atoms with Gasteiger partial charge in [0.15, 0.2) is 0 Å². The zero-order valence-corrected chi connectivity index (χ0v) is 17.8. The number of carbonyl (C=O) groups is 2. The minimum Gasteiger partial charge on any atom is -0.478 e. The molecule has 2 heterocycles. The van der Waals surface area contributed by atoms with Gasteiger partial charge in [-0.05, 0) is 43.0 Å². The zero-order valence-electron chi connectivity index (χ0n) is 17.0. The maximum Gasteiger partial charge on any atom is 0.328 e. The van der Waals surface area contributed by atoms with Crippen molar-refractivity contribution >= 4 is 35.5 Å². The Morgan fingerprint density at radius 3 is 2.26 bits per heavy atom. The molecule has 2 aromatic rings. The van der Waals surface area contributed by atoms with Gasteiger partial charge in [-0.15, -0.1) is 0 Å². The van der Waals surface area contributed by atoms with Gasteiger partial charge in [0.1, 0.15) is 5.82 Å². The summed E-state index contributed by atoms with van der Waals surface area (Å²) in [5.41, 5.74) is 3.56. The van der Waals surface area contributed by atoms with Crippen LogP contribution in [0.5, 0.6) is 0 Å². The number of hydrogen-bond acceptors (Lipinski definition) is 5. The molecule has 1 fully saturated rings. The fraction of sp³-hybridized carbons (Fsp3) is 0.217. The predicted molar refractivity (Wildman–Crippen MR) is 118 cm³/mol. The Morgan fingerprint density at radius 1 is 0.968 bits per heavy atom. The third-order valence-electron chi connectivity index (χ3n) is 4.86. The molecule has 0 unspecified atom stereocenters. The SMILES string of the molecule is CN1CCN(C2=Cc3ccccc3Sc3cc(F)ccc32)CC1.O=C(O)/C=C/C(=O)O. The van der Waals surface area contributed by atoms with Crippen LogP contribution in [0.15, 0.2) is 64.4 Å². The smallest absolute Gasteiger partial charge is 0.328 e. The molecule has 0 spiro atoms. The number of aliphatic carboxylic acids is 2. The van der Waals surface area contributed by atoms with Crippen LogP contribution in [0.3, 0.4) is 0 Å². The summed E-state index contributed by atoms with van der Waals surface area (Å²) in [6.45, 7) is 4.13. The standard InChI is InChI=1S/C19H19FN2S.C4H4O4/c1-21-8-10-22(11-9-21)17-12-14-4-2-3-5-18(14)23-19-13-15(20)6-7-16(17)19;5-3(6)1-2-4(7)8/h2-7,12-13H,8-11H2,1H3;1-2H,(H,5,6)(H,7,8)/b;2-1+. The molecule has 0 aliphatic carbocycles. The number of hydrogen-bond donors (Lipinski definition) is 2. The third-order valence-corrected chi connectivity index (χ3v) is 6.01. The highest BCUT2D eigenvalue weighted by Crippen LogP contribution is 2.41. The van der Waals surface area contributed by atoms with Crippen LogP contribution in [0, 0.1) is 5.82 Å². The molecule has 0 aromatic heterocycles. The van der Waals surface area contributed by atoms with Crippen molar-refractivity contribution in [1.29, 1.82) is 0 Å². The van der Waals surface area contributed by atoms with Gasteiger partial charge in [0.25, 0.3) is 0 Å². The number of halogens is 1. The quantitative estimate of drug-likeness (QED) is 0.701. The molecule has 0 atom stereocenters. The van der Waals surface area contributed by atoms with Crippen LogP contribution in [-0.2, 0) is 9.59 Å². The first-order valence-electron chi connectivity index (χ1n) is 9.69. The summed E-state index contributed by atoms with van der Waals surface area (Å²) in [6.07, 6.45) is 3.38. The van der Waals surface area contributed by atoms with Crippen molar-refractivity contribution in [3.8, 4) is 0 Å². The molecule has 1 saturated heterocycles. The van der Waals surface area contributed by atoms with Gasteiger partial charge in [0.05, 0.1) is 0 Å². The van der Waals surface area contributed by atoms with E-state index in [1.165, 1.54) is 16.2 Å². The monoisotopic (exact) mass is 442 g/mol. The van der Waals surface area contributed by atoms with Crippen molar-refractivity contribution in [1.82, 2.24) is 9.80 Å². The summed E-state index contributed by atoms with van der Waals surface area (Å²) in [5, 5.41) is 15.6. The molecule has 6 nitrogen and oxygen atoms in total. The van der Waals surface area contributed by atoms with Crippen LogP contribution in [0.25, 0.3) is 11.8 Å². The molecule has 8 heteroatoms. The second kappa shape index (κ2) is 10.3. The lowest BCUT2D eigenvalue weighted by Crippen LogP contribution is -2.43. The summed E-state index contributed by atoms with van der Waals surface area (Å²) in [4.78, 5) is 26.1. The van der Waals surface area contributed by atoms with Gasteiger partial charge < -0.3 is 20.0 Å². The van der Waals surface area contributed by atoms with Crippen LogP contribution in [0.1, 0.15) is 11.1 Å². The van der Waals surface area contributed by atoms with E-state index >= 15 is 0 Å². The molecule has 0 bridgehead atoms. The average molecular weight is 443 g/mol. The molecular weight excluding hydrogens is 419 g/mol. The Hall–Kier alpha value is -3.10. The average Bonchev–Trinajstić information content (AvgIpc) is 2.89. The van der Waals surface area contributed by atoms with Crippen LogP contribution < -0.4 is 0 Å². The predicted octanol–water partition coefficient (Wildman–Crippen LogP) is 3.75. The van der Waals surface area contributed by atoms with E-state index in [1.807, 2.05) is 12.1 Å². The van der Waals surface area contributed by atoms with E-state index in [-0.39, 0.29) is 5.82 Å². The van der Waals surface area contributed by atoms with Crippen LogP contribution >= 0.6 is 11.8 Å². The maximum atomic E-state index is 13.8. The van der Waals surface area contributed by atoms with Crippen molar-refractivity contribution < 1.29 is 24.2 Å². The highest BCUT2D eigenvalue weighted by atomic mass is 32.2. The van der Waals surface area contributed by atoms with Gasteiger partial charge in [-0.1, -0.05) is 30.0 Å². The van der Waals surface area contributed by atoms with E-state index in [2.05, 4.69) is 41.1 Å². The van der Waals surface area contributed by atoms with E-state index in [1.54, 1.807) is 23.9 Å². The number of nitrogens with zero attached hydrogens (tertiary/aromatic N) is 2. The normalized spacial score (nSPS) is 15.8. The largest absolute Gasteiger partial charge is 0.478 e. The van der Waals surface area contributed by atoms with Gasteiger partial charge in [-0.3, -0.25) is 0 Å². The van der Waals surface area contributed by atoms with Crippen LogP contribution in [0.2, 0.25) is 0 Å². The lowest BCUT2D eigenvalue weighted by Gasteiger charge is -2.36. The molecule has 0 amide bonds. The zero-order chi connectivity index (χ0) is 22.4. The van der Waals surface area contributed by atoms with Gasteiger partial charge in [-0.25, -0.2) is 14.0 Å². The Labute approximate surface area is 184 Å². The van der Waals surface area contributed by atoms with Gasteiger partial charge in [0.2, 0.25) is 0 Å². The summed E-state index contributed by atoms with van der Waals surface area (Å²) in [6, 6.07) is 13.5. The molecule has 31 heavy (non-hydrogen) atoms. The fourth-order valence-electron chi connectivity index (χ4n) is 3.28. The molecule has 162 valence electrons. The summed E-state index contributed by atoms with van der Waals surface area (Å²) in [5.74, 6) is -2.69. The molecule has 2 aromatic carbocycles. The third kappa shape index (κ3) is 6.19. The first-order chi connectivity index (χ1) is 14.8. The molecule has 0 radical (unpaired) electrons. The highest BCUT2D eigenvalue weighted by molar-refractivity contribution is 7.99. The lowest BCUT2D eigenvalue weighted by molar-refractivity contribution is -0.134. The van der Waals surface area contributed by atoms with Crippen LogP contribution in [0.4, 0.5) is 4.39 Å². The van der Waals surface area contributed by atoms with Gasteiger partial charge >= 0.3 is 11.9 Å². The Balaban J connectivity index is 0.000000293. The number of likely N-dealkylation sites (N-methyl/N-ethyl adjacent to an activating group) is 1. The van der Waals surface area contributed by atoms with E-state index < -0.39 is 11.9 Å². The number of carboxylic acid groups (broad SMARTS) is 2. The number of rotatable bonds is 3. The topological polar surface area (TPSA) is 81.1 Å². The molecule has 2 aliphatic heterocycles. The first-order valence-corrected chi connectivity index (χ1v) is 10.5. The van der Waals surface area contributed by atoms with E-state index in [0.29, 0.717) is 12.2 Å². The van der Waals surface area contributed by atoms with Crippen molar-refractivity contribution in [2.24, 2.45) is 0 Å². The number of piperazine rings is 1. The fourth-order valence-corrected chi connectivity index (χ4v) is 4.36. The Bertz CT molecular complexity index is 1010. The van der Waals surface area contributed by atoms with Gasteiger partial charge in [-0.2, -0.15) is 0 Å². The molecular formula is C23H23FN2O4S. The van der Waals surface area contributed by atoms with Crippen LogP contribution in [-0.4, -0.2) is 65.2 Å². The van der Waals surface area contributed by atoms with Crippen molar-refractivity contribution in [2.75, 3.05) is 33.2 Å². The minimum absolute atomic E-state index is 0.173. The maximum absolute atomic E-state index is 13.8. The molecule has 4 rings (SSSR count). The Kier molecular flexibility index (Phi) is 7.49. The van der Waals surface area contributed by atoms with Crippen molar-refractivity contribution in [3.05, 3.63) is 71.6 Å². The Morgan fingerprint density at radius 2 is 1.61 bits per heavy atom. The van der Waals surface area contributed by atoms with E-state index in [9.17, 15) is 14.0 Å². The van der Waals surface area contributed by atoms with Crippen molar-refractivity contribution in [3.63, 3.8) is 0 Å². The summed E-state index contributed by atoms with van der Waals surface area (Å²) in [7, 11) is 2.16. The number of benzene rings is 2. The summed E-state index contributed by atoms with van der Waals surface area (Å²) >= 11 is 1.66.